The summed E-state index contributed by atoms with van der Waals surface area (Å²) in [5, 5.41) is 9.28. The van der Waals surface area contributed by atoms with Gasteiger partial charge in [-0.25, -0.2) is 9.78 Å². The molecule has 9 heteroatoms. The molecule has 3 heterocycles. The number of nitrogens with one attached hydrogen (secondary N) is 1. The van der Waals surface area contributed by atoms with E-state index in [0.29, 0.717) is 4.83 Å². The number of hydrogen-bond acceptors (Lipinski definition) is 7. The first kappa shape index (κ1) is 10.6. The minimum atomic E-state index is -1.20. The molecule has 0 aliphatic rings. The lowest BCUT2D eigenvalue weighted by Gasteiger charge is -1.98. The first-order chi connectivity index (χ1) is 8.59. The van der Waals surface area contributed by atoms with Crippen LogP contribution in [0.25, 0.3) is 10.3 Å². The van der Waals surface area contributed by atoms with Gasteiger partial charge in [0.15, 0.2) is 0 Å². The van der Waals surface area contributed by atoms with Gasteiger partial charge >= 0.3 is 17.1 Å². The first-order valence-corrected chi connectivity index (χ1v) is 5.53. The van der Waals surface area contributed by atoms with Gasteiger partial charge < -0.3 is 5.11 Å². The fourth-order valence-electron chi connectivity index (χ4n) is 1.44. The summed E-state index contributed by atoms with van der Waals surface area (Å²) >= 11 is 1.01. The zero-order valence-corrected chi connectivity index (χ0v) is 9.39. The number of nitrogens with zero attached hydrogens (tertiary/aromatic N) is 3. The van der Waals surface area contributed by atoms with Crippen LogP contribution in [-0.2, 0) is 0 Å². The number of hydrogen-bond donors (Lipinski definition) is 2. The molecule has 0 atom stereocenters. The number of anilines is 1. The van der Waals surface area contributed by atoms with E-state index in [1.54, 1.807) is 0 Å². The minimum absolute atomic E-state index is 0.101. The van der Waals surface area contributed by atoms with Crippen LogP contribution in [0.1, 0.15) is 10.4 Å². The number of aromatic nitrogens is 3. The third-order valence-electron chi connectivity index (χ3n) is 2.29. The highest BCUT2D eigenvalue weighted by atomic mass is 32.1. The van der Waals surface area contributed by atoms with Crippen molar-refractivity contribution in [3.05, 3.63) is 38.7 Å². The highest BCUT2D eigenvalue weighted by molar-refractivity contribution is 7.22. The molecular weight excluding hydrogens is 260 g/mol. The topological polar surface area (TPSA) is 114 Å². The van der Waals surface area contributed by atoms with Gasteiger partial charge in [0, 0.05) is 12.4 Å². The summed E-state index contributed by atoms with van der Waals surface area (Å²) in [4.78, 5) is 41.2. The number of carboxylic acids is 1. The van der Waals surface area contributed by atoms with Gasteiger partial charge in [-0.3, -0.25) is 20.0 Å². The Morgan fingerprint density at radius 1 is 1.28 bits per heavy atom. The van der Waals surface area contributed by atoms with Crippen molar-refractivity contribution < 1.29 is 9.90 Å². The molecule has 0 saturated heterocycles. The minimum Gasteiger partial charge on any atom is -0.478 e. The van der Waals surface area contributed by atoms with Gasteiger partial charge in [-0.2, -0.15) is 4.68 Å². The van der Waals surface area contributed by atoms with E-state index >= 15 is 0 Å². The van der Waals surface area contributed by atoms with Crippen molar-refractivity contribution in [1.82, 2.24) is 14.6 Å². The molecule has 0 aliphatic carbocycles. The molecule has 0 bridgehead atoms. The molecule has 18 heavy (non-hydrogen) atoms. The Hall–Kier alpha value is -2.55. The lowest BCUT2D eigenvalue weighted by molar-refractivity contribution is 0.0700. The number of thiophene rings is 1. The van der Waals surface area contributed by atoms with Crippen LogP contribution in [0, 0.1) is 0 Å². The van der Waals surface area contributed by atoms with Gasteiger partial charge in [0.2, 0.25) is 0 Å². The fourth-order valence-corrected chi connectivity index (χ4v) is 2.42. The molecule has 3 rings (SSSR count). The van der Waals surface area contributed by atoms with E-state index in [0.717, 1.165) is 16.0 Å². The Bertz CT molecular complexity index is 816. The van der Waals surface area contributed by atoms with E-state index in [-0.39, 0.29) is 16.1 Å². The summed E-state index contributed by atoms with van der Waals surface area (Å²) in [6.07, 6.45) is 2.81. The number of carboxylic acid groups (broad SMARTS) is 1. The Labute approximate surface area is 102 Å². The van der Waals surface area contributed by atoms with Gasteiger partial charge in [-0.15, -0.1) is 0 Å². The first-order valence-electron chi connectivity index (χ1n) is 4.71. The molecule has 8 nitrogen and oxygen atoms in total. The summed E-state index contributed by atoms with van der Waals surface area (Å²) in [5.41, 5.74) is 1.16. The molecule has 3 aromatic rings. The van der Waals surface area contributed by atoms with E-state index in [9.17, 15) is 14.4 Å². The lowest BCUT2D eigenvalue weighted by Crippen LogP contribution is -2.09. The van der Waals surface area contributed by atoms with Crippen LogP contribution >= 0.6 is 11.3 Å². The largest absolute Gasteiger partial charge is 0.478 e. The van der Waals surface area contributed by atoms with Gasteiger partial charge in [0.05, 0.1) is 0 Å². The summed E-state index contributed by atoms with van der Waals surface area (Å²) in [6.45, 7) is 0. The predicted molar refractivity (Wildman–Crippen MR) is 62.7 cm³/mol. The molecule has 2 N–H and O–H groups in total. The zero-order valence-electron chi connectivity index (χ0n) is 8.58. The van der Waals surface area contributed by atoms with Crippen LogP contribution < -0.4 is 16.5 Å². The Kier molecular flexibility index (Phi) is 2.04. The van der Waals surface area contributed by atoms with Gasteiger partial charge in [-0.1, -0.05) is 11.3 Å². The molecule has 90 valence electrons. The van der Waals surface area contributed by atoms with Crippen molar-refractivity contribution in [2.24, 2.45) is 0 Å². The average Bonchev–Trinajstić information content (AvgIpc) is 2.78. The van der Waals surface area contributed by atoms with Crippen molar-refractivity contribution in [3.63, 3.8) is 0 Å². The van der Waals surface area contributed by atoms with Crippen molar-refractivity contribution >= 4 is 32.7 Å². The van der Waals surface area contributed by atoms with Crippen LogP contribution in [0.3, 0.4) is 0 Å². The number of carbonyl (C=O) groups is 1. The Morgan fingerprint density at radius 2 is 1.94 bits per heavy atom. The van der Waals surface area contributed by atoms with Crippen molar-refractivity contribution in [2.75, 3.05) is 5.43 Å². The van der Waals surface area contributed by atoms with Crippen LogP contribution in [0.5, 0.6) is 0 Å². The number of aromatic carboxylic acids is 1. The number of fused-ring (bicyclic) bond motifs is 1. The van der Waals surface area contributed by atoms with E-state index in [4.69, 9.17) is 5.11 Å². The smallest absolute Gasteiger partial charge is 0.341 e. The van der Waals surface area contributed by atoms with Crippen molar-refractivity contribution in [1.29, 1.82) is 0 Å². The maximum atomic E-state index is 11.2. The molecule has 0 unspecified atom stereocenters. The Balaban J connectivity index is 2.19. The molecular formula is C9H4N4O4S. The van der Waals surface area contributed by atoms with E-state index < -0.39 is 17.1 Å². The average molecular weight is 264 g/mol. The molecule has 0 aromatic carbocycles. The third kappa shape index (κ3) is 1.41. The summed E-state index contributed by atoms with van der Waals surface area (Å²) in [6, 6.07) is 0. The Morgan fingerprint density at radius 3 is 2.56 bits per heavy atom. The molecule has 0 spiro atoms. The monoisotopic (exact) mass is 264 g/mol. The predicted octanol–water partition coefficient (Wildman–Crippen LogP) is -0.338. The van der Waals surface area contributed by atoms with Gasteiger partial charge in [0.1, 0.15) is 20.9 Å². The van der Waals surface area contributed by atoms with Crippen molar-refractivity contribution in [2.45, 2.75) is 0 Å². The molecule has 0 amide bonds. The highest BCUT2D eigenvalue weighted by Crippen LogP contribution is 2.32. The molecule has 0 radical (unpaired) electrons. The van der Waals surface area contributed by atoms with E-state index in [1.165, 1.54) is 12.4 Å². The van der Waals surface area contributed by atoms with Gasteiger partial charge in [-0.05, 0) is 0 Å². The van der Waals surface area contributed by atoms with Crippen LogP contribution in [0.4, 0.5) is 5.00 Å². The lowest BCUT2D eigenvalue weighted by atomic mass is 10.3. The van der Waals surface area contributed by atoms with E-state index in [2.05, 4.69) is 15.4 Å². The molecule has 3 aromatic heterocycles. The second-order valence-corrected chi connectivity index (χ2v) is 4.38. The maximum absolute atomic E-state index is 11.2. The quantitative estimate of drug-likeness (QED) is 0.622. The van der Waals surface area contributed by atoms with Crippen LogP contribution in [0.2, 0.25) is 0 Å². The fraction of sp³-hybridized carbons (Fsp3) is 0. The standard InChI is InChI=1S/C9H4N4O4S/c14-7-8(15)13(7)12-5-3(9(16)17)4-6(18-5)11-2-1-10-4/h1-2,12H,(H,16,17). The zero-order chi connectivity index (χ0) is 12.9. The summed E-state index contributed by atoms with van der Waals surface area (Å²) in [5.74, 6) is -1.20. The van der Waals surface area contributed by atoms with Crippen LogP contribution in [0.15, 0.2) is 22.0 Å². The number of rotatable bonds is 3. The third-order valence-corrected chi connectivity index (χ3v) is 3.29. The molecule has 0 fully saturated rings. The second-order valence-electron chi connectivity index (χ2n) is 3.38. The van der Waals surface area contributed by atoms with E-state index in [1.807, 2.05) is 0 Å². The van der Waals surface area contributed by atoms with Crippen molar-refractivity contribution in [3.8, 4) is 0 Å². The molecule has 0 saturated carbocycles. The highest BCUT2D eigenvalue weighted by Gasteiger charge is 2.24. The second kappa shape index (κ2) is 3.47. The summed E-state index contributed by atoms with van der Waals surface area (Å²) in [7, 11) is 0. The normalized spacial score (nSPS) is 11.1. The maximum Gasteiger partial charge on any atom is 0.341 e. The molecule has 0 aliphatic heterocycles. The summed E-state index contributed by atoms with van der Waals surface area (Å²) < 4.78 is 0.733. The van der Waals surface area contributed by atoms with Gasteiger partial charge in [0.25, 0.3) is 0 Å². The van der Waals surface area contributed by atoms with Crippen LogP contribution in [-0.4, -0.2) is 25.7 Å². The SMILES string of the molecule is O=C(O)c1c(Nn2c(=O)c2=O)sc2nccnc12.